The number of anilines is 2. The first-order chi connectivity index (χ1) is 16.9. The summed E-state index contributed by atoms with van der Waals surface area (Å²) in [4.78, 5) is 27.6. The molecule has 5 rings (SSSR count). The molecule has 9 heteroatoms. The lowest BCUT2D eigenvalue weighted by Gasteiger charge is -2.11. The Bertz CT molecular complexity index is 1460. The van der Waals surface area contributed by atoms with E-state index in [-0.39, 0.29) is 18.4 Å². The quantitative estimate of drug-likeness (QED) is 0.448. The zero-order chi connectivity index (χ0) is 24.5. The van der Waals surface area contributed by atoms with Gasteiger partial charge in [0.1, 0.15) is 0 Å². The number of amides is 2. The Morgan fingerprint density at radius 1 is 0.857 bits per heavy atom. The fourth-order valence-electron chi connectivity index (χ4n) is 3.87. The van der Waals surface area contributed by atoms with Gasteiger partial charge in [0, 0.05) is 11.8 Å². The third-order valence-electron chi connectivity index (χ3n) is 5.62. The maximum absolute atomic E-state index is 13.1. The van der Waals surface area contributed by atoms with E-state index in [9.17, 15) is 9.59 Å². The molecule has 0 fully saturated rings. The summed E-state index contributed by atoms with van der Waals surface area (Å²) in [6.45, 7) is 5.85. The lowest BCUT2D eigenvalue weighted by atomic mass is 10.1. The van der Waals surface area contributed by atoms with Crippen molar-refractivity contribution in [2.24, 2.45) is 0 Å². The molecule has 0 bridgehead atoms. The predicted molar refractivity (Wildman–Crippen MR) is 130 cm³/mol. The summed E-state index contributed by atoms with van der Waals surface area (Å²) in [5.74, 6) is 0.351. The molecule has 1 aliphatic heterocycles. The molecule has 3 aromatic carbocycles. The summed E-state index contributed by atoms with van der Waals surface area (Å²) in [6, 6.07) is 17.8. The molecule has 35 heavy (non-hydrogen) atoms. The molecule has 4 aromatic rings. The summed E-state index contributed by atoms with van der Waals surface area (Å²) >= 11 is 0. The predicted octanol–water partition coefficient (Wildman–Crippen LogP) is 4.43. The average molecular weight is 470 g/mol. The molecule has 1 aromatic heterocycles. The van der Waals surface area contributed by atoms with Crippen molar-refractivity contribution in [3.05, 3.63) is 88.7 Å². The van der Waals surface area contributed by atoms with Crippen LogP contribution in [0.5, 0.6) is 11.5 Å². The van der Waals surface area contributed by atoms with Crippen LogP contribution in [0.1, 0.15) is 37.7 Å². The Morgan fingerprint density at radius 3 is 2.49 bits per heavy atom. The Kier molecular flexibility index (Phi) is 5.66. The fraction of sp³-hybridized carbons (Fsp3) is 0.154. The molecular formula is C26H23N5O4. The second kappa shape index (κ2) is 8.94. The first kappa shape index (κ1) is 22.1. The average Bonchev–Trinajstić information content (AvgIpc) is 3.45. The minimum Gasteiger partial charge on any atom is -0.454 e. The third kappa shape index (κ3) is 4.43. The summed E-state index contributed by atoms with van der Waals surface area (Å²) in [5, 5.41) is 14.5. The van der Waals surface area contributed by atoms with Gasteiger partial charge in [-0.15, -0.1) is 5.10 Å². The monoisotopic (exact) mass is 469 g/mol. The first-order valence-electron chi connectivity index (χ1n) is 11.0. The molecule has 9 nitrogen and oxygen atoms in total. The Labute approximate surface area is 201 Å². The fourth-order valence-corrected chi connectivity index (χ4v) is 3.87. The number of para-hydroxylation sites is 1. The highest BCUT2D eigenvalue weighted by atomic mass is 16.7. The van der Waals surface area contributed by atoms with Crippen molar-refractivity contribution in [2.75, 3.05) is 17.4 Å². The van der Waals surface area contributed by atoms with Crippen molar-refractivity contribution in [3.63, 3.8) is 0 Å². The van der Waals surface area contributed by atoms with E-state index in [1.165, 1.54) is 4.80 Å². The van der Waals surface area contributed by atoms with Crippen LogP contribution in [0.3, 0.4) is 0 Å². The summed E-state index contributed by atoms with van der Waals surface area (Å²) in [5.41, 5.74) is 4.78. The van der Waals surface area contributed by atoms with Crippen molar-refractivity contribution < 1.29 is 19.1 Å². The minimum atomic E-state index is -0.457. The van der Waals surface area contributed by atoms with Gasteiger partial charge in [-0.05, 0) is 56.7 Å². The van der Waals surface area contributed by atoms with Gasteiger partial charge in [0.15, 0.2) is 17.2 Å². The lowest BCUT2D eigenvalue weighted by Crippen LogP contribution is -2.19. The van der Waals surface area contributed by atoms with Crippen LogP contribution >= 0.6 is 0 Å². The van der Waals surface area contributed by atoms with Crippen molar-refractivity contribution in [1.29, 1.82) is 0 Å². The van der Waals surface area contributed by atoms with Crippen LogP contribution in [-0.2, 0) is 0 Å². The van der Waals surface area contributed by atoms with Crippen molar-refractivity contribution in [1.82, 2.24) is 15.0 Å². The number of rotatable bonds is 5. The van der Waals surface area contributed by atoms with Crippen LogP contribution < -0.4 is 20.1 Å². The van der Waals surface area contributed by atoms with Crippen LogP contribution in [0.15, 0.2) is 60.7 Å². The standard InChI is InChI=1S/C26H23N5O4/c1-15-8-10-21(16(2)12-15)31-29-17(3)24(30-31)26(33)28-20-7-5-4-6-19(20)25(32)27-18-9-11-22-23(13-18)35-14-34-22/h4-13H,14H2,1-3H3,(H,27,32)(H,28,33). The largest absolute Gasteiger partial charge is 0.454 e. The number of nitrogens with zero attached hydrogens (tertiary/aromatic N) is 3. The van der Waals surface area contributed by atoms with E-state index in [2.05, 4.69) is 20.8 Å². The van der Waals surface area contributed by atoms with Crippen LogP contribution in [0.25, 0.3) is 5.69 Å². The number of fused-ring (bicyclic) bond motifs is 1. The third-order valence-corrected chi connectivity index (χ3v) is 5.62. The Balaban J connectivity index is 1.36. The van der Waals surface area contributed by atoms with E-state index in [0.717, 1.165) is 16.8 Å². The van der Waals surface area contributed by atoms with Gasteiger partial charge in [0.2, 0.25) is 6.79 Å². The van der Waals surface area contributed by atoms with Gasteiger partial charge in [0.25, 0.3) is 11.8 Å². The second-order valence-corrected chi connectivity index (χ2v) is 8.24. The molecule has 0 saturated carbocycles. The number of hydrogen-bond donors (Lipinski definition) is 2. The molecule has 2 heterocycles. The Hall–Kier alpha value is -4.66. The van der Waals surface area contributed by atoms with E-state index < -0.39 is 5.91 Å². The molecule has 0 radical (unpaired) electrons. The highest BCUT2D eigenvalue weighted by Crippen LogP contribution is 2.34. The van der Waals surface area contributed by atoms with Crippen molar-refractivity contribution in [2.45, 2.75) is 20.8 Å². The molecule has 176 valence electrons. The number of aromatic nitrogens is 3. The van der Waals surface area contributed by atoms with Gasteiger partial charge < -0.3 is 20.1 Å². The van der Waals surface area contributed by atoms with Crippen LogP contribution in [0.2, 0.25) is 0 Å². The molecule has 0 spiro atoms. The first-order valence-corrected chi connectivity index (χ1v) is 11.0. The van der Waals surface area contributed by atoms with E-state index in [4.69, 9.17) is 9.47 Å². The maximum Gasteiger partial charge on any atom is 0.278 e. The van der Waals surface area contributed by atoms with Crippen LogP contribution in [0.4, 0.5) is 11.4 Å². The van der Waals surface area contributed by atoms with Crippen LogP contribution in [0, 0.1) is 20.8 Å². The Morgan fingerprint density at radius 2 is 1.66 bits per heavy atom. The summed E-state index contributed by atoms with van der Waals surface area (Å²) in [7, 11) is 0. The molecule has 1 aliphatic rings. The van der Waals surface area contributed by atoms with Gasteiger partial charge in [-0.2, -0.15) is 9.90 Å². The van der Waals surface area contributed by atoms with Crippen LogP contribution in [-0.4, -0.2) is 33.6 Å². The van der Waals surface area contributed by atoms with Gasteiger partial charge in [-0.25, -0.2) is 0 Å². The molecule has 2 N–H and O–H groups in total. The van der Waals surface area contributed by atoms with E-state index in [1.54, 1.807) is 49.4 Å². The van der Waals surface area contributed by atoms with Gasteiger partial charge >= 0.3 is 0 Å². The van der Waals surface area contributed by atoms with Gasteiger partial charge in [-0.3, -0.25) is 9.59 Å². The van der Waals surface area contributed by atoms with Crippen molar-refractivity contribution in [3.8, 4) is 17.2 Å². The molecule has 0 saturated heterocycles. The zero-order valence-electron chi connectivity index (χ0n) is 19.5. The number of aryl methyl sites for hydroxylation is 3. The SMILES string of the molecule is Cc1ccc(-n2nc(C)c(C(=O)Nc3ccccc3C(=O)Nc3ccc4c(c3)OCO4)n2)c(C)c1. The number of carbonyl (C=O) groups excluding carboxylic acids is 2. The lowest BCUT2D eigenvalue weighted by molar-refractivity contribution is 0.102. The number of ether oxygens (including phenoxy) is 2. The second-order valence-electron chi connectivity index (χ2n) is 8.24. The van der Waals surface area contributed by atoms with Gasteiger partial charge in [0.05, 0.1) is 22.6 Å². The highest BCUT2D eigenvalue weighted by molar-refractivity contribution is 6.12. The molecule has 0 atom stereocenters. The van der Waals surface area contributed by atoms with E-state index >= 15 is 0 Å². The minimum absolute atomic E-state index is 0.148. The normalized spacial score (nSPS) is 11.9. The van der Waals surface area contributed by atoms with Gasteiger partial charge in [-0.1, -0.05) is 29.8 Å². The zero-order valence-corrected chi connectivity index (χ0v) is 19.5. The number of hydrogen-bond acceptors (Lipinski definition) is 6. The number of nitrogens with one attached hydrogen (secondary N) is 2. The smallest absolute Gasteiger partial charge is 0.278 e. The maximum atomic E-state index is 13.1. The number of benzene rings is 3. The van der Waals surface area contributed by atoms with Crippen molar-refractivity contribution >= 4 is 23.2 Å². The molecular weight excluding hydrogens is 446 g/mol. The molecule has 0 unspecified atom stereocenters. The molecule has 2 amide bonds. The highest BCUT2D eigenvalue weighted by Gasteiger charge is 2.21. The topological polar surface area (TPSA) is 107 Å². The summed E-state index contributed by atoms with van der Waals surface area (Å²) in [6.07, 6.45) is 0. The number of carbonyl (C=O) groups is 2. The summed E-state index contributed by atoms with van der Waals surface area (Å²) < 4.78 is 10.7. The van der Waals surface area contributed by atoms with E-state index in [1.807, 2.05) is 32.0 Å². The molecule has 0 aliphatic carbocycles. The van der Waals surface area contributed by atoms with E-state index in [0.29, 0.717) is 34.1 Å².